The summed E-state index contributed by atoms with van der Waals surface area (Å²) < 4.78 is 28.3. The number of hydrogen-bond acceptors (Lipinski definition) is 5. The Morgan fingerprint density at radius 3 is 2.88 bits per heavy atom. The van der Waals surface area contributed by atoms with Gasteiger partial charge in [-0.05, 0) is 30.3 Å². The zero-order chi connectivity index (χ0) is 17.0. The summed E-state index contributed by atoms with van der Waals surface area (Å²) in [5.74, 6) is -0.595. The third-order valence-corrected chi connectivity index (χ3v) is 4.54. The fourth-order valence-corrected chi connectivity index (χ4v) is 3.07. The van der Waals surface area contributed by atoms with Gasteiger partial charge in [-0.2, -0.15) is 5.10 Å². The van der Waals surface area contributed by atoms with E-state index in [1.807, 2.05) is 0 Å². The number of nitrogens with one attached hydrogen (secondary N) is 2. The molecule has 24 heavy (non-hydrogen) atoms. The van der Waals surface area contributed by atoms with Gasteiger partial charge in [0, 0.05) is 31.3 Å². The Bertz CT molecular complexity index is 953. The molecule has 3 rings (SSSR count). The highest BCUT2D eigenvalue weighted by atomic mass is 32.2. The van der Waals surface area contributed by atoms with Crippen LogP contribution in [0.5, 0.6) is 0 Å². The maximum absolute atomic E-state index is 12.1. The molecule has 0 radical (unpaired) electrons. The van der Waals surface area contributed by atoms with Crippen molar-refractivity contribution in [3.8, 4) is 0 Å². The number of anilines is 1. The van der Waals surface area contributed by atoms with E-state index in [2.05, 4.69) is 20.1 Å². The second-order valence-electron chi connectivity index (χ2n) is 5.03. The van der Waals surface area contributed by atoms with E-state index in [0.717, 1.165) is 5.52 Å². The fraction of sp³-hybridized carbons (Fsp3) is 0.133. The Morgan fingerprint density at radius 1 is 1.21 bits per heavy atom. The maximum atomic E-state index is 12.1. The smallest absolute Gasteiger partial charge is 0.252 e. The number of carbonyl (C=O) groups excluding carboxylic acids is 1. The summed E-state index contributed by atoms with van der Waals surface area (Å²) in [6.07, 6.45) is 6.27. The summed E-state index contributed by atoms with van der Waals surface area (Å²) in [4.78, 5) is 15.7. The highest BCUT2D eigenvalue weighted by Crippen LogP contribution is 2.13. The number of hydrogen-bond donors (Lipinski definition) is 2. The van der Waals surface area contributed by atoms with E-state index in [0.29, 0.717) is 11.3 Å². The summed E-state index contributed by atoms with van der Waals surface area (Å²) in [5.41, 5.74) is 1.61. The molecule has 0 unspecified atom stereocenters. The van der Waals surface area contributed by atoms with Gasteiger partial charge in [-0.15, -0.1) is 0 Å². The Balaban J connectivity index is 1.57. The number of carbonyl (C=O) groups is 1. The van der Waals surface area contributed by atoms with E-state index in [9.17, 15) is 13.2 Å². The van der Waals surface area contributed by atoms with Crippen LogP contribution in [0.15, 0.2) is 55.1 Å². The predicted molar refractivity (Wildman–Crippen MR) is 89.2 cm³/mol. The molecule has 0 aromatic carbocycles. The van der Waals surface area contributed by atoms with Crippen molar-refractivity contribution in [2.45, 2.75) is 0 Å². The van der Waals surface area contributed by atoms with E-state index in [1.54, 1.807) is 53.4 Å². The van der Waals surface area contributed by atoms with Crippen LogP contribution in [0, 0.1) is 0 Å². The molecule has 0 spiro atoms. The van der Waals surface area contributed by atoms with Gasteiger partial charge in [-0.3, -0.25) is 14.5 Å². The Morgan fingerprint density at radius 2 is 2.08 bits per heavy atom. The zero-order valence-electron chi connectivity index (χ0n) is 12.6. The van der Waals surface area contributed by atoms with Crippen molar-refractivity contribution in [3.63, 3.8) is 0 Å². The van der Waals surface area contributed by atoms with Gasteiger partial charge in [-0.1, -0.05) is 0 Å². The lowest BCUT2D eigenvalue weighted by atomic mass is 10.3. The van der Waals surface area contributed by atoms with Gasteiger partial charge < -0.3 is 5.32 Å². The molecule has 1 amide bonds. The summed E-state index contributed by atoms with van der Waals surface area (Å²) >= 11 is 0. The van der Waals surface area contributed by atoms with Crippen LogP contribution in [0.1, 0.15) is 10.4 Å². The third-order valence-electron chi connectivity index (χ3n) is 3.25. The van der Waals surface area contributed by atoms with Crippen LogP contribution in [0.4, 0.5) is 5.69 Å². The number of rotatable bonds is 6. The van der Waals surface area contributed by atoms with Gasteiger partial charge in [0.2, 0.25) is 10.0 Å². The minimum atomic E-state index is -3.57. The first-order valence-corrected chi connectivity index (χ1v) is 8.81. The molecule has 0 aliphatic heterocycles. The van der Waals surface area contributed by atoms with E-state index >= 15 is 0 Å². The lowest BCUT2D eigenvalue weighted by Crippen LogP contribution is -2.31. The van der Waals surface area contributed by atoms with Crippen LogP contribution >= 0.6 is 0 Å². The van der Waals surface area contributed by atoms with Crippen LogP contribution in [0.2, 0.25) is 0 Å². The standard InChI is InChI=1S/C15H15N5O3S/c21-15(12-2-1-5-16-11-12)17-7-9-24(22,23)19-13-4-8-20-14(10-13)3-6-18-20/h1-6,8,10-11,19H,7,9H2,(H,17,21). The normalized spacial score (nSPS) is 11.3. The minimum Gasteiger partial charge on any atom is -0.351 e. The van der Waals surface area contributed by atoms with Crippen molar-refractivity contribution in [2.75, 3.05) is 17.0 Å². The van der Waals surface area contributed by atoms with Gasteiger partial charge >= 0.3 is 0 Å². The highest BCUT2D eigenvalue weighted by molar-refractivity contribution is 7.92. The van der Waals surface area contributed by atoms with Crippen LogP contribution in [-0.2, 0) is 10.0 Å². The molecule has 9 heteroatoms. The van der Waals surface area contributed by atoms with Crippen molar-refractivity contribution in [1.82, 2.24) is 19.9 Å². The van der Waals surface area contributed by atoms with Crippen LogP contribution in [-0.4, -0.2) is 41.2 Å². The number of fused-ring (bicyclic) bond motifs is 1. The summed E-state index contributed by atoms with van der Waals surface area (Å²) in [6, 6.07) is 8.31. The lowest BCUT2D eigenvalue weighted by Gasteiger charge is -2.09. The largest absolute Gasteiger partial charge is 0.351 e. The molecule has 0 bridgehead atoms. The monoisotopic (exact) mass is 345 g/mol. The molecule has 0 saturated carbocycles. The molecule has 3 heterocycles. The maximum Gasteiger partial charge on any atom is 0.252 e. The molecule has 8 nitrogen and oxygen atoms in total. The second kappa shape index (κ2) is 6.67. The van der Waals surface area contributed by atoms with Crippen molar-refractivity contribution in [3.05, 3.63) is 60.7 Å². The van der Waals surface area contributed by atoms with E-state index in [4.69, 9.17) is 0 Å². The van der Waals surface area contributed by atoms with Crippen molar-refractivity contribution < 1.29 is 13.2 Å². The fourth-order valence-electron chi connectivity index (χ4n) is 2.11. The third kappa shape index (κ3) is 3.87. The molecule has 0 aliphatic carbocycles. The van der Waals surface area contributed by atoms with Gasteiger partial charge in [0.05, 0.1) is 22.5 Å². The first-order valence-electron chi connectivity index (χ1n) is 7.16. The van der Waals surface area contributed by atoms with Gasteiger partial charge in [0.25, 0.3) is 5.91 Å². The molecule has 2 N–H and O–H groups in total. The molecule has 0 saturated heterocycles. The number of aromatic nitrogens is 3. The van der Waals surface area contributed by atoms with Crippen molar-refractivity contribution in [1.29, 1.82) is 0 Å². The van der Waals surface area contributed by atoms with Gasteiger partial charge in [0.1, 0.15) is 0 Å². The van der Waals surface area contributed by atoms with Crippen molar-refractivity contribution >= 4 is 27.1 Å². The first kappa shape index (κ1) is 15.9. The summed E-state index contributed by atoms with van der Waals surface area (Å²) in [6.45, 7) is -0.00200. The summed E-state index contributed by atoms with van der Waals surface area (Å²) in [7, 11) is -3.57. The average molecular weight is 345 g/mol. The zero-order valence-corrected chi connectivity index (χ0v) is 13.4. The Hall–Kier alpha value is -2.94. The number of amides is 1. The molecule has 124 valence electrons. The molecule has 0 aliphatic rings. The SMILES string of the molecule is O=C(NCCS(=O)(=O)Nc1ccn2nccc2c1)c1cccnc1. The van der Waals surface area contributed by atoms with E-state index in [1.165, 1.54) is 6.20 Å². The topological polar surface area (TPSA) is 105 Å². The minimum absolute atomic E-state index is 0.00200. The average Bonchev–Trinajstić information content (AvgIpc) is 3.02. The molecule has 0 atom stereocenters. The quantitative estimate of drug-likeness (QED) is 0.690. The molecular weight excluding hydrogens is 330 g/mol. The molecular formula is C15H15N5O3S. The van der Waals surface area contributed by atoms with Crippen LogP contribution in [0.25, 0.3) is 5.52 Å². The van der Waals surface area contributed by atoms with E-state index < -0.39 is 10.0 Å². The predicted octanol–water partition coefficient (Wildman–Crippen LogP) is 0.901. The summed E-state index contributed by atoms with van der Waals surface area (Å²) in [5, 5.41) is 6.60. The molecule has 3 aromatic heterocycles. The lowest BCUT2D eigenvalue weighted by molar-refractivity contribution is 0.0956. The van der Waals surface area contributed by atoms with Crippen LogP contribution in [0.3, 0.4) is 0 Å². The number of sulfonamides is 1. The number of nitrogens with zero attached hydrogens (tertiary/aromatic N) is 3. The van der Waals surface area contributed by atoms with Gasteiger partial charge in [-0.25, -0.2) is 12.9 Å². The Kier molecular flexibility index (Phi) is 4.43. The second-order valence-corrected chi connectivity index (χ2v) is 6.88. The van der Waals surface area contributed by atoms with Crippen LogP contribution < -0.4 is 10.0 Å². The first-order chi connectivity index (χ1) is 11.5. The van der Waals surface area contributed by atoms with E-state index in [-0.39, 0.29) is 18.2 Å². The van der Waals surface area contributed by atoms with Gasteiger partial charge in [0.15, 0.2) is 0 Å². The highest BCUT2D eigenvalue weighted by Gasteiger charge is 2.12. The Labute approximate surface area is 138 Å². The number of pyridine rings is 2. The van der Waals surface area contributed by atoms with Crippen molar-refractivity contribution in [2.24, 2.45) is 0 Å². The molecule has 3 aromatic rings. The molecule has 0 fully saturated rings.